The SMILES string of the molecule is CC(C)(C)OC(=O)C(C)(c1ccccc1)C1CCCCC1. The second-order valence-corrected chi connectivity index (χ2v) is 7.41. The van der Waals surface area contributed by atoms with Crippen LogP contribution in [-0.4, -0.2) is 11.6 Å². The molecule has 2 nitrogen and oxygen atoms in total. The third kappa shape index (κ3) is 3.66. The van der Waals surface area contributed by atoms with E-state index in [0.29, 0.717) is 5.92 Å². The molecule has 1 unspecified atom stereocenters. The average molecular weight is 288 g/mol. The van der Waals surface area contributed by atoms with Crippen LogP contribution in [0.3, 0.4) is 0 Å². The summed E-state index contributed by atoms with van der Waals surface area (Å²) in [6.45, 7) is 7.90. The zero-order valence-corrected chi connectivity index (χ0v) is 13.8. The molecule has 1 aromatic rings. The Balaban J connectivity index is 2.36. The molecular weight excluding hydrogens is 260 g/mol. The maximum atomic E-state index is 13.0. The van der Waals surface area contributed by atoms with Crippen molar-refractivity contribution in [3.63, 3.8) is 0 Å². The van der Waals surface area contributed by atoms with Crippen LogP contribution < -0.4 is 0 Å². The molecule has 0 bridgehead atoms. The second-order valence-electron chi connectivity index (χ2n) is 7.41. The van der Waals surface area contributed by atoms with Crippen LogP contribution in [0.4, 0.5) is 0 Å². The molecule has 116 valence electrons. The van der Waals surface area contributed by atoms with E-state index in [2.05, 4.69) is 19.1 Å². The Kier molecular flexibility index (Phi) is 4.75. The fourth-order valence-electron chi connectivity index (χ4n) is 3.37. The van der Waals surface area contributed by atoms with Crippen molar-refractivity contribution in [2.75, 3.05) is 0 Å². The Hall–Kier alpha value is -1.31. The lowest BCUT2D eigenvalue weighted by Gasteiger charge is -2.40. The molecule has 0 radical (unpaired) electrons. The Morgan fingerprint density at radius 3 is 2.10 bits per heavy atom. The largest absolute Gasteiger partial charge is 0.459 e. The summed E-state index contributed by atoms with van der Waals surface area (Å²) in [6, 6.07) is 10.2. The Morgan fingerprint density at radius 1 is 1.00 bits per heavy atom. The molecule has 0 aromatic heterocycles. The lowest BCUT2D eigenvalue weighted by molar-refractivity contribution is -0.164. The minimum Gasteiger partial charge on any atom is -0.459 e. The maximum absolute atomic E-state index is 13.0. The molecule has 1 atom stereocenters. The van der Waals surface area contributed by atoms with Gasteiger partial charge in [0.05, 0.1) is 5.41 Å². The monoisotopic (exact) mass is 288 g/mol. The van der Waals surface area contributed by atoms with Crippen LogP contribution in [0.2, 0.25) is 0 Å². The average Bonchev–Trinajstić information content (AvgIpc) is 2.46. The van der Waals surface area contributed by atoms with Gasteiger partial charge in [0.1, 0.15) is 5.60 Å². The van der Waals surface area contributed by atoms with Crippen molar-refractivity contribution < 1.29 is 9.53 Å². The van der Waals surface area contributed by atoms with Crippen molar-refractivity contribution in [1.29, 1.82) is 0 Å². The Morgan fingerprint density at radius 2 is 1.57 bits per heavy atom. The van der Waals surface area contributed by atoms with Crippen molar-refractivity contribution in [3.05, 3.63) is 35.9 Å². The molecule has 21 heavy (non-hydrogen) atoms. The van der Waals surface area contributed by atoms with Crippen LogP contribution in [0, 0.1) is 5.92 Å². The van der Waals surface area contributed by atoms with Crippen molar-refractivity contribution in [2.45, 2.75) is 70.8 Å². The molecule has 2 heteroatoms. The summed E-state index contributed by atoms with van der Waals surface area (Å²) in [5, 5.41) is 0. The number of rotatable bonds is 3. The normalized spacial score (nSPS) is 19.8. The van der Waals surface area contributed by atoms with E-state index in [1.807, 2.05) is 39.0 Å². The van der Waals surface area contributed by atoms with E-state index in [1.165, 1.54) is 19.3 Å². The summed E-state index contributed by atoms with van der Waals surface area (Å²) >= 11 is 0. The van der Waals surface area contributed by atoms with Crippen LogP contribution in [0.25, 0.3) is 0 Å². The first-order valence-corrected chi connectivity index (χ1v) is 8.13. The van der Waals surface area contributed by atoms with Crippen LogP contribution in [0.5, 0.6) is 0 Å². The van der Waals surface area contributed by atoms with Gasteiger partial charge in [-0.05, 0) is 52.0 Å². The van der Waals surface area contributed by atoms with E-state index in [0.717, 1.165) is 18.4 Å². The van der Waals surface area contributed by atoms with Gasteiger partial charge in [0.2, 0.25) is 0 Å². The van der Waals surface area contributed by atoms with E-state index in [9.17, 15) is 4.79 Å². The van der Waals surface area contributed by atoms with E-state index in [-0.39, 0.29) is 5.97 Å². The molecule has 0 amide bonds. The van der Waals surface area contributed by atoms with Crippen LogP contribution in [0.1, 0.15) is 65.4 Å². The standard InChI is InChI=1S/C19H28O2/c1-18(2,3)21-17(20)19(4,15-11-7-5-8-12-15)16-13-9-6-10-14-16/h5,7-8,11-12,16H,6,9-10,13-14H2,1-4H3. The van der Waals surface area contributed by atoms with Crippen molar-refractivity contribution in [2.24, 2.45) is 5.92 Å². The molecule has 2 rings (SSSR count). The predicted octanol–water partition coefficient (Wildman–Crippen LogP) is 4.87. The quantitative estimate of drug-likeness (QED) is 0.742. The summed E-state index contributed by atoms with van der Waals surface area (Å²) in [4.78, 5) is 13.0. The zero-order chi connectivity index (χ0) is 15.5. The number of hydrogen-bond donors (Lipinski definition) is 0. The van der Waals surface area contributed by atoms with Gasteiger partial charge in [-0.3, -0.25) is 4.79 Å². The Labute approximate surface area is 128 Å². The number of carbonyl (C=O) groups excluding carboxylic acids is 1. The third-order valence-corrected chi connectivity index (χ3v) is 4.62. The summed E-state index contributed by atoms with van der Waals surface area (Å²) in [7, 11) is 0. The van der Waals surface area contributed by atoms with Crippen LogP contribution in [0.15, 0.2) is 30.3 Å². The molecule has 1 aliphatic carbocycles. The van der Waals surface area contributed by atoms with Gasteiger partial charge < -0.3 is 4.74 Å². The number of esters is 1. The first-order chi connectivity index (χ1) is 9.84. The molecule has 0 spiro atoms. The maximum Gasteiger partial charge on any atom is 0.317 e. The van der Waals surface area contributed by atoms with E-state index in [4.69, 9.17) is 4.74 Å². The second kappa shape index (κ2) is 6.21. The fraction of sp³-hybridized carbons (Fsp3) is 0.632. The molecule has 0 N–H and O–H groups in total. The van der Waals surface area contributed by atoms with E-state index < -0.39 is 11.0 Å². The molecule has 0 aliphatic heterocycles. The summed E-state index contributed by atoms with van der Waals surface area (Å²) in [5.41, 5.74) is 0.114. The molecule has 0 saturated heterocycles. The lowest BCUT2D eigenvalue weighted by Crippen LogP contribution is -2.45. The van der Waals surface area contributed by atoms with Crippen LogP contribution >= 0.6 is 0 Å². The lowest BCUT2D eigenvalue weighted by atomic mass is 9.66. The summed E-state index contributed by atoms with van der Waals surface area (Å²) in [6.07, 6.45) is 5.96. The first-order valence-electron chi connectivity index (χ1n) is 8.13. The molecule has 0 heterocycles. The molecule has 1 fully saturated rings. The smallest absolute Gasteiger partial charge is 0.317 e. The predicted molar refractivity (Wildman–Crippen MR) is 86.2 cm³/mol. The molecular formula is C19H28O2. The number of ether oxygens (including phenoxy) is 1. The van der Waals surface area contributed by atoms with Gasteiger partial charge in [-0.15, -0.1) is 0 Å². The van der Waals surface area contributed by atoms with Crippen molar-refractivity contribution >= 4 is 5.97 Å². The highest BCUT2D eigenvalue weighted by Gasteiger charge is 2.45. The molecule has 1 saturated carbocycles. The van der Waals surface area contributed by atoms with Gasteiger partial charge in [0.25, 0.3) is 0 Å². The van der Waals surface area contributed by atoms with E-state index >= 15 is 0 Å². The van der Waals surface area contributed by atoms with Gasteiger partial charge in [-0.2, -0.15) is 0 Å². The van der Waals surface area contributed by atoms with Crippen molar-refractivity contribution in [3.8, 4) is 0 Å². The third-order valence-electron chi connectivity index (χ3n) is 4.62. The number of benzene rings is 1. The minimum absolute atomic E-state index is 0.0758. The molecule has 1 aromatic carbocycles. The van der Waals surface area contributed by atoms with E-state index in [1.54, 1.807) is 0 Å². The summed E-state index contributed by atoms with van der Waals surface area (Å²) in [5.74, 6) is 0.302. The summed E-state index contributed by atoms with van der Waals surface area (Å²) < 4.78 is 5.77. The highest BCUT2D eigenvalue weighted by Crippen LogP contribution is 2.42. The number of hydrogen-bond acceptors (Lipinski definition) is 2. The van der Waals surface area contributed by atoms with Crippen LogP contribution in [-0.2, 0) is 14.9 Å². The highest BCUT2D eigenvalue weighted by molar-refractivity contribution is 5.83. The zero-order valence-electron chi connectivity index (χ0n) is 13.8. The minimum atomic E-state index is -0.533. The fourth-order valence-corrected chi connectivity index (χ4v) is 3.37. The molecule has 1 aliphatic rings. The number of carbonyl (C=O) groups is 1. The van der Waals surface area contributed by atoms with Gasteiger partial charge >= 0.3 is 5.97 Å². The van der Waals surface area contributed by atoms with Gasteiger partial charge in [-0.25, -0.2) is 0 Å². The topological polar surface area (TPSA) is 26.3 Å². The van der Waals surface area contributed by atoms with Crippen molar-refractivity contribution in [1.82, 2.24) is 0 Å². The van der Waals surface area contributed by atoms with Gasteiger partial charge in [0, 0.05) is 0 Å². The van der Waals surface area contributed by atoms with Gasteiger partial charge in [-0.1, -0.05) is 49.6 Å². The highest BCUT2D eigenvalue weighted by atomic mass is 16.6. The Bertz CT molecular complexity index is 466. The van der Waals surface area contributed by atoms with Gasteiger partial charge in [0.15, 0.2) is 0 Å². The first kappa shape index (κ1) is 16.1.